The number of rotatable bonds is 6. The highest BCUT2D eigenvalue weighted by molar-refractivity contribution is 7.89. The van der Waals surface area contributed by atoms with Crippen LogP contribution >= 0.6 is 0 Å². The van der Waals surface area contributed by atoms with E-state index < -0.39 is 22.1 Å². The van der Waals surface area contributed by atoms with E-state index in [2.05, 4.69) is 16.4 Å². The van der Waals surface area contributed by atoms with Crippen molar-refractivity contribution in [2.24, 2.45) is 11.8 Å². The van der Waals surface area contributed by atoms with Crippen molar-refractivity contribution in [1.29, 1.82) is 0 Å². The molecule has 0 bridgehead atoms. The van der Waals surface area contributed by atoms with E-state index in [-0.39, 0.29) is 16.9 Å². The predicted octanol–water partition coefficient (Wildman–Crippen LogP) is 4.26. The van der Waals surface area contributed by atoms with Gasteiger partial charge in [-0.25, -0.2) is 13.1 Å². The number of halogens is 3. The molecular formula is C18H18F3NO3S. The lowest BCUT2D eigenvalue weighted by Gasteiger charge is -2.19. The van der Waals surface area contributed by atoms with Crippen molar-refractivity contribution < 1.29 is 26.3 Å². The molecule has 4 nitrogen and oxygen atoms in total. The fourth-order valence-corrected chi connectivity index (χ4v) is 4.21. The van der Waals surface area contributed by atoms with Gasteiger partial charge < -0.3 is 4.74 Å². The van der Waals surface area contributed by atoms with Gasteiger partial charge >= 0.3 is 6.36 Å². The molecule has 1 fully saturated rings. The number of hydrogen-bond donors (Lipinski definition) is 1. The lowest BCUT2D eigenvalue weighted by atomic mass is 10.0. The van der Waals surface area contributed by atoms with E-state index in [0.717, 1.165) is 36.2 Å². The Morgan fingerprint density at radius 1 is 1.08 bits per heavy atom. The second-order valence-corrected chi connectivity index (χ2v) is 8.12. The van der Waals surface area contributed by atoms with E-state index >= 15 is 0 Å². The zero-order chi connectivity index (χ0) is 18.9. The van der Waals surface area contributed by atoms with Crippen LogP contribution in [0.15, 0.2) is 59.5 Å². The van der Waals surface area contributed by atoms with Crippen LogP contribution in [-0.4, -0.2) is 14.8 Å². The molecule has 26 heavy (non-hydrogen) atoms. The predicted molar refractivity (Wildman–Crippen MR) is 89.9 cm³/mol. The quantitative estimate of drug-likeness (QED) is 0.808. The molecule has 0 spiro atoms. The van der Waals surface area contributed by atoms with Gasteiger partial charge in [-0.2, -0.15) is 0 Å². The van der Waals surface area contributed by atoms with Crippen molar-refractivity contribution in [1.82, 2.24) is 4.72 Å². The summed E-state index contributed by atoms with van der Waals surface area (Å²) >= 11 is 0. The van der Waals surface area contributed by atoms with Crippen molar-refractivity contribution in [3.63, 3.8) is 0 Å². The molecule has 1 N–H and O–H groups in total. The first-order valence-corrected chi connectivity index (χ1v) is 9.57. The van der Waals surface area contributed by atoms with Crippen LogP contribution in [0.2, 0.25) is 0 Å². The third-order valence-electron chi connectivity index (χ3n) is 4.41. The van der Waals surface area contributed by atoms with Gasteiger partial charge in [0.1, 0.15) is 5.75 Å². The highest BCUT2D eigenvalue weighted by atomic mass is 32.2. The van der Waals surface area contributed by atoms with Crippen molar-refractivity contribution in [2.45, 2.75) is 30.6 Å². The van der Waals surface area contributed by atoms with E-state index in [0.29, 0.717) is 5.92 Å². The first kappa shape index (κ1) is 18.7. The van der Waals surface area contributed by atoms with Crippen molar-refractivity contribution in [2.75, 3.05) is 0 Å². The Labute approximate surface area is 150 Å². The second kappa shape index (κ2) is 6.92. The van der Waals surface area contributed by atoms with E-state index in [1.165, 1.54) is 0 Å². The van der Waals surface area contributed by atoms with E-state index in [1.54, 1.807) is 0 Å². The van der Waals surface area contributed by atoms with Crippen LogP contribution in [0, 0.1) is 11.8 Å². The molecule has 0 amide bonds. The molecule has 0 aromatic heterocycles. The Bertz CT molecular complexity index is 852. The van der Waals surface area contributed by atoms with Crippen LogP contribution < -0.4 is 9.46 Å². The first-order chi connectivity index (χ1) is 12.2. The molecule has 0 saturated heterocycles. The summed E-state index contributed by atoms with van der Waals surface area (Å²) in [5, 5.41) is 0. The standard InChI is InChI=1S/C18H18F3NO3S/c1-12-11-16(12)17(13-5-3-2-4-6-13)22-26(23,24)15-9-7-14(8-10-15)25-18(19,20)21/h2-10,12,16-17,22H,11H2,1H3. The molecule has 0 radical (unpaired) electrons. The van der Waals surface area contributed by atoms with Crippen molar-refractivity contribution >= 4 is 10.0 Å². The summed E-state index contributed by atoms with van der Waals surface area (Å²) in [7, 11) is -3.88. The van der Waals surface area contributed by atoms with Gasteiger partial charge in [-0.3, -0.25) is 0 Å². The number of benzene rings is 2. The number of ether oxygens (including phenoxy) is 1. The molecule has 8 heteroatoms. The molecule has 2 aromatic rings. The number of hydrogen-bond acceptors (Lipinski definition) is 3. The molecule has 3 rings (SSSR count). The Hall–Kier alpha value is -2.06. The lowest BCUT2D eigenvalue weighted by molar-refractivity contribution is -0.274. The Morgan fingerprint density at radius 3 is 2.15 bits per heavy atom. The third-order valence-corrected chi connectivity index (χ3v) is 5.87. The summed E-state index contributed by atoms with van der Waals surface area (Å²) in [6.45, 7) is 2.05. The first-order valence-electron chi connectivity index (χ1n) is 8.09. The molecule has 1 saturated carbocycles. The van der Waals surface area contributed by atoms with Gasteiger partial charge in [-0.05, 0) is 48.1 Å². The minimum Gasteiger partial charge on any atom is -0.406 e. The zero-order valence-corrected chi connectivity index (χ0v) is 14.7. The molecule has 0 heterocycles. The summed E-state index contributed by atoms with van der Waals surface area (Å²) in [5.74, 6) is 0.136. The smallest absolute Gasteiger partial charge is 0.406 e. The number of alkyl halides is 3. The molecule has 0 aliphatic heterocycles. The van der Waals surface area contributed by atoms with Gasteiger partial charge in [0, 0.05) is 0 Å². The average molecular weight is 385 g/mol. The molecule has 1 aliphatic carbocycles. The summed E-state index contributed by atoms with van der Waals surface area (Å²) in [4.78, 5) is -0.110. The summed E-state index contributed by atoms with van der Waals surface area (Å²) in [6.07, 6.45) is -3.90. The number of nitrogens with one attached hydrogen (secondary N) is 1. The molecule has 3 atom stereocenters. The maximum atomic E-state index is 12.7. The fraction of sp³-hybridized carbons (Fsp3) is 0.333. The average Bonchev–Trinajstić information content (AvgIpc) is 3.29. The Kier molecular flexibility index (Phi) is 4.98. The fourth-order valence-electron chi connectivity index (χ4n) is 2.93. The normalized spacial score (nSPS) is 21.2. The molecule has 2 aromatic carbocycles. The van der Waals surface area contributed by atoms with Gasteiger partial charge in [0.15, 0.2) is 0 Å². The van der Waals surface area contributed by atoms with Gasteiger partial charge in [-0.1, -0.05) is 37.3 Å². The molecule has 1 aliphatic rings. The van der Waals surface area contributed by atoms with Crippen LogP contribution in [-0.2, 0) is 10.0 Å². The Morgan fingerprint density at radius 2 is 1.65 bits per heavy atom. The highest BCUT2D eigenvalue weighted by Crippen LogP contribution is 2.47. The summed E-state index contributed by atoms with van der Waals surface area (Å²) < 4.78 is 68.5. The van der Waals surface area contributed by atoms with E-state index in [4.69, 9.17) is 0 Å². The number of sulfonamides is 1. The second-order valence-electron chi connectivity index (χ2n) is 6.41. The summed E-state index contributed by atoms with van der Waals surface area (Å²) in [5.41, 5.74) is 0.863. The van der Waals surface area contributed by atoms with Crippen LogP contribution in [0.3, 0.4) is 0 Å². The van der Waals surface area contributed by atoms with Gasteiger partial charge in [-0.15, -0.1) is 13.2 Å². The van der Waals surface area contributed by atoms with Crippen LogP contribution in [0.1, 0.15) is 24.9 Å². The largest absolute Gasteiger partial charge is 0.573 e. The monoisotopic (exact) mass is 385 g/mol. The highest BCUT2D eigenvalue weighted by Gasteiger charge is 2.42. The molecule has 3 unspecified atom stereocenters. The Balaban J connectivity index is 1.80. The van der Waals surface area contributed by atoms with E-state index in [1.807, 2.05) is 30.3 Å². The maximum absolute atomic E-state index is 12.7. The van der Waals surface area contributed by atoms with Crippen molar-refractivity contribution in [3.05, 3.63) is 60.2 Å². The van der Waals surface area contributed by atoms with Crippen LogP contribution in [0.5, 0.6) is 5.75 Å². The minimum absolute atomic E-state index is 0.110. The lowest BCUT2D eigenvalue weighted by Crippen LogP contribution is -2.30. The van der Waals surface area contributed by atoms with E-state index in [9.17, 15) is 21.6 Å². The van der Waals surface area contributed by atoms with Gasteiger partial charge in [0.25, 0.3) is 0 Å². The van der Waals surface area contributed by atoms with Crippen molar-refractivity contribution in [3.8, 4) is 5.75 Å². The van der Waals surface area contributed by atoms with Gasteiger partial charge in [0.05, 0.1) is 10.9 Å². The SMILES string of the molecule is CC1CC1C(NS(=O)(=O)c1ccc(OC(F)(F)F)cc1)c1ccccc1. The summed E-state index contributed by atoms with van der Waals surface area (Å²) in [6, 6.07) is 13.0. The molecule has 140 valence electrons. The third kappa shape index (κ3) is 4.56. The molecular weight excluding hydrogens is 367 g/mol. The van der Waals surface area contributed by atoms with Crippen LogP contribution in [0.25, 0.3) is 0 Å². The minimum atomic E-state index is -4.82. The van der Waals surface area contributed by atoms with Gasteiger partial charge in [0.2, 0.25) is 10.0 Å². The zero-order valence-electron chi connectivity index (χ0n) is 13.9. The van der Waals surface area contributed by atoms with Crippen LogP contribution in [0.4, 0.5) is 13.2 Å². The maximum Gasteiger partial charge on any atom is 0.573 e. The topological polar surface area (TPSA) is 55.4 Å².